The fourth-order valence-electron chi connectivity index (χ4n) is 3.11. The summed E-state index contributed by atoms with van der Waals surface area (Å²) in [7, 11) is 0. The van der Waals surface area contributed by atoms with Crippen LogP contribution in [-0.4, -0.2) is 33.1 Å². The summed E-state index contributed by atoms with van der Waals surface area (Å²) < 4.78 is 7.44. The van der Waals surface area contributed by atoms with E-state index in [1.165, 1.54) is 11.8 Å². The molecular weight excluding hydrogens is 372 g/mol. The third-order valence-corrected chi connectivity index (χ3v) is 5.44. The van der Waals surface area contributed by atoms with Crippen LogP contribution in [0.25, 0.3) is 10.9 Å². The zero-order valence-electron chi connectivity index (χ0n) is 16.5. The van der Waals surface area contributed by atoms with Gasteiger partial charge in [0.05, 0.1) is 17.0 Å². The molecule has 0 aliphatic heterocycles. The number of para-hydroxylation sites is 1. The van der Waals surface area contributed by atoms with E-state index in [1.54, 1.807) is 10.6 Å². The molecule has 28 heavy (non-hydrogen) atoms. The van der Waals surface area contributed by atoms with Crippen molar-refractivity contribution in [1.29, 1.82) is 0 Å². The zero-order valence-corrected chi connectivity index (χ0v) is 17.3. The first-order valence-electron chi connectivity index (χ1n) is 9.49. The highest BCUT2D eigenvalue weighted by molar-refractivity contribution is 7.99. The quantitative estimate of drug-likeness (QED) is 0.460. The van der Waals surface area contributed by atoms with Crippen LogP contribution in [0.2, 0.25) is 0 Å². The zero-order chi connectivity index (χ0) is 20.1. The third-order valence-electron chi connectivity index (χ3n) is 4.32. The Bertz CT molecular complexity index is 996. The molecule has 0 bridgehead atoms. The van der Waals surface area contributed by atoms with Crippen molar-refractivity contribution in [2.24, 2.45) is 0 Å². The van der Waals surface area contributed by atoms with Crippen molar-refractivity contribution in [3.05, 3.63) is 63.9 Å². The third kappa shape index (κ3) is 4.94. The summed E-state index contributed by atoms with van der Waals surface area (Å²) >= 11 is 1.39. The van der Waals surface area contributed by atoms with Gasteiger partial charge < -0.3 is 9.84 Å². The molecule has 0 aliphatic carbocycles. The number of aliphatic hydroxyl groups is 1. The summed E-state index contributed by atoms with van der Waals surface area (Å²) in [6, 6.07) is 13.4. The number of fused-ring (bicyclic) bond motifs is 1. The number of aryl methyl sites for hydroxylation is 2. The Kier molecular flexibility index (Phi) is 6.75. The van der Waals surface area contributed by atoms with Gasteiger partial charge in [0, 0.05) is 12.3 Å². The van der Waals surface area contributed by atoms with Gasteiger partial charge in [-0.15, -0.1) is 0 Å². The predicted molar refractivity (Wildman–Crippen MR) is 114 cm³/mol. The number of ether oxygens (including phenoxy) is 1. The molecule has 0 aliphatic rings. The van der Waals surface area contributed by atoms with E-state index >= 15 is 0 Å². The summed E-state index contributed by atoms with van der Waals surface area (Å²) in [4.78, 5) is 17.4. The molecule has 5 nitrogen and oxygen atoms in total. The fraction of sp³-hybridized carbons (Fsp3) is 0.364. The summed E-state index contributed by atoms with van der Waals surface area (Å²) in [5.74, 6) is 1.16. The first kappa shape index (κ1) is 20.4. The molecule has 148 valence electrons. The summed E-state index contributed by atoms with van der Waals surface area (Å²) in [5, 5.41) is 11.6. The van der Waals surface area contributed by atoms with E-state index < -0.39 is 6.10 Å². The van der Waals surface area contributed by atoms with Crippen molar-refractivity contribution in [2.75, 3.05) is 12.4 Å². The number of thioether (sulfide) groups is 1. The lowest BCUT2D eigenvalue weighted by molar-refractivity contribution is 0.126. The first-order valence-corrected chi connectivity index (χ1v) is 10.5. The SMILES string of the molecule is CCCn1c(SC[C@H](O)COc2cc(C)cc(C)c2)nc2ccccc2c1=O. The van der Waals surface area contributed by atoms with Crippen LogP contribution in [0.4, 0.5) is 0 Å². The lowest BCUT2D eigenvalue weighted by atomic mass is 10.1. The topological polar surface area (TPSA) is 64.3 Å². The van der Waals surface area contributed by atoms with Gasteiger partial charge >= 0.3 is 0 Å². The summed E-state index contributed by atoms with van der Waals surface area (Å²) in [6.45, 7) is 6.87. The minimum absolute atomic E-state index is 0.0316. The average Bonchev–Trinajstić information content (AvgIpc) is 2.66. The van der Waals surface area contributed by atoms with Crippen molar-refractivity contribution in [2.45, 2.75) is 45.0 Å². The maximum Gasteiger partial charge on any atom is 0.262 e. The summed E-state index contributed by atoms with van der Waals surface area (Å²) in [6.07, 6.45) is 0.176. The van der Waals surface area contributed by atoms with E-state index in [9.17, 15) is 9.90 Å². The minimum atomic E-state index is -0.663. The molecule has 0 unspecified atom stereocenters. The van der Waals surface area contributed by atoms with Crippen molar-refractivity contribution in [3.63, 3.8) is 0 Å². The van der Waals surface area contributed by atoms with Gasteiger partial charge in [0.25, 0.3) is 5.56 Å². The molecule has 0 saturated heterocycles. The minimum Gasteiger partial charge on any atom is -0.491 e. The van der Waals surface area contributed by atoms with Crippen LogP contribution in [0.1, 0.15) is 24.5 Å². The Morgan fingerprint density at radius 2 is 1.89 bits per heavy atom. The van der Waals surface area contributed by atoms with Gasteiger partial charge in [-0.05, 0) is 55.7 Å². The van der Waals surface area contributed by atoms with Crippen molar-refractivity contribution >= 4 is 22.7 Å². The Hall–Kier alpha value is -2.31. The predicted octanol–water partition coefficient (Wildman–Crippen LogP) is 3.96. The van der Waals surface area contributed by atoms with Gasteiger partial charge in [-0.2, -0.15) is 0 Å². The maximum absolute atomic E-state index is 12.8. The van der Waals surface area contributed by atoms with Gasteiger partial charge in [0.1, 0.15) is 12.4 Å². The summed E-state index contributed by atoms with van der Waals surface area (Å²) in [5.41, 5.74) is 2.91. The molecule has 6 heteroatoms. The second kappa shape index (κ2) is 9.26. The van der Waals surface area contributed by atoms with Crippen LogP contribution in [-0.2, 0) is 6.54 Å². The largest absolute Gasteiger partial charge is 0.491 e. The number of aromatic nitrogens is 2. The number of benzene rings is 2. The number of hydrogen-bond acceptors (Lipinski definition) is 5. The van der Waals surface area contributed by atoms with Gasteiger partial charge in [0.2, 0.25) is 0 Å². The lowest BCUT2D eigenvalue weighted by Gasteiger charge is -2.15. The highest BCUT2D eigenvalue weighted by Gasteiger charge is 2.14. The molecule has 3 aromatic rings. The van der Waals surface area contributed by atoms with E-state index in [4.69, 9.17) is 4.74 Å². The second-order valence-electron chi connectivity index (χ2n) is 6.97. The number of hydrogen-bond donors (Lipinski definition) is 1. The molecule has 0 spiro atoms. The Balaban J connectivity index is 1.70. The fourth-order valence-corrected chi connectivity index (χ4v) is 4.04. The van der Waals surface area contributed by atoms with Gasteiger partial charge in [-0.1, -0.05) is 36.9 Å². The van der Waals surface area contributed by atoms with Crippen LogP contribution in [0, 0.1) is 13.8 Å². The second-order valence-corrected chi connectivity index (χ2v) is 7.95. The van der Waals surface area contributed by atoms with E-state index in [0.717, 1.165) is 23.3 Å². The van der Waals surface area contributed by atoms with Gasteiger partial charge in [-0.3, -0.25) is 9.36 Å². The van der Waals surface area contributed by atoms with Crippen LogP contribution in [0.3, 0.4) is 0 Å². The van der Waals surface area contributed by atoms with Gasteiger partial charge in [-0.25, -0.2) is 4.98 Å². The molecule has 0 saturated carbocycles. The monoisotopic (exact) mass is 398 g/mol. The van der Waals surface area contributed by atoms with Crippen LogP contribution >= 0.6 is 11.8 Å². The van der Waals surface area contributed by atoms with E-state index in [1.807, 2.05) is 51.1 Å². The highest BCUT2D eigenvalue weighted by Crippen LogP contribution is 2.20. The Morgan fingerprint density at radius 1 is 1.18 bits per heavy atom. The normalized spacial score (nSPS) is 12.3. The maximum atomic E-state index is 12.8. The molecule has 2 aromatic carbocycles. The molecule has 1 atom stereocenters. The Labute approximate surface area is 169 Å². The van der Waals surface area contributed by atoms with Crippen LogP contribution < -0.4 is 10.3 Å². The van der Waals surface area contributed by atoms with E-state index in [0.29, 0.717) is 28.4 Å². The number of aliphatic hydroxyl groups excluding tert-OH is 1. The lowest BCUT2D eigenvalue weighted by Crippen LogP contribution is -2.25. The highest BCUT2D eigenvalue weighted by atomic mass is 32.2. The standard InChI is InChI=1S/C22H26N2O3S/c1-4-9-24-21(26)19-7-5-6-8-20(19)23-22(24)28-14-17(25)13-27-18-11-15(2)10-16(3)12-18/h5-8,10-12,17,25H,4,9,13-14H2,1-3H3/t17-/m1/s1. The first-order chi connectivity index (χ1) is 13.5. The number of rotatable bonds is 8. The molecule has 0 amide bonds. The molecule has 1 N–H and O–H groups in total. The van der Waals surface area contributed by atoms with Crippen molar-refractivity contribution in [1.82, 2.24) is 9.55 Å². The molecule has 0 radical (unpaired) electrons. The molecule has 1 heterocycles. The Morgan fingerprint density at radius 3 is 2.61 bits per heavy atom. The van der Waals surface area contributed by atoms with Crippen LogP contribution in [0.5, 0.6) is 5.75 Å². The van der Waals surface area contributed by atoms with Gasteiger partial charge in [0.15, 0.2) is 5.16 Å². The molecule has 3 rings (SSSR count). The molecule has 0 fully saturated rings. The smallest absolute Gasteiger partial charge is 0.262 e. The van der Waals surface area contributed by atoms with E-state index in [2.05, 4.69) is 11.1 Å². The molecular formula is C22H26N2O3S. The van der Waals surface area contributed by atoms with Crippen LogP contribution in [0.15, 0.2) is 52.4 Å². The molecule has 1 aromatic heterocycles. The van der Waals surface area contributed by atoms with Crippen molar-refractivity contribution < 1.29 is 9.84 Å². The average molecular weight is 399 g/mol. The van der Waals surface area contributed by atoms with E-state index in [-0.39, 0.29) is 12.2 Å². The number of nitrogens with zero attached hydrogens (tertiary/aromatic N) is 2. The van der Waals surface area contributed by atoms with Crippen molar-refractivity contribution in [3.8, 4) is 5.75 Å².